The lowest BCUT2D eigenvalue weighted by Crippen LogP contribution is -2.41. The van der Waals surface area contributed by atoms with Crippen molar-refractivity contribution < 1.29 is 9.59 Å². The standard InChI is InChI=1S/C18H18N4O2/c1-11-6-3-4-7-13(11)18(24)21-12(2)17(23)22-15-9-5-8-14-16(15)20-10-19-14/h3-10,12H,1-2H3,(H,19,20)(H,21,24)(H,22,23). The van der Waals surface area contributed by atoms with Gasteiger partial charge in [0.05, 0.1) is 23.0 Å². The van der Waals surface area contributed by atoms with Crippen LogP contribution in [-0.2, 0) is 4.79 Å². The molecular weight excluding hydrogens is 304 g/mol. The normalized spacial score (nSPS) is 11.9. The first-order valence-electron chi connectivity index (χ1n) is 7.65. The van der Waals surface area contributed by atoms with E-state index in [1.807, 2.05) is 31.2 Å². The lowest BCUT2D eigenvalue weighted by Gasteiger charge is -2.15. The molecule has 24 heavy (non-hydrogen) atoms. The summed E-state index contributed by atoms with van der Waals surface area (Å²) in [6, 6.07) is 12.0. The maximum atomic E-state index is 12.4. The fourth-order valence-corrected chi connectivity index (χ4v) is 2.48. The molecule has 0 aliphatic carbocycles. The molecule has 2 amide bonds. The number of carbonyl (C=O) groups excluding carboxylic acids is 2. The molecule has 1 unspecified atom stereocenters. The Morgan fingerprint density at radius 1 is 1.12 bits per heavy atom. The monoisotopic (exact) mass is 322 g/mol. The summed E-state index contributed by atoms with van der Waals surface area (Å²) in [6.45, 7) is 3.51. The molecule has 1 atom stereocenters. The molecule has 0 spiro atoms. The summed E-state index contributed by atoms with van der Waals surface area (Å²) in [4.78, 5) is 31.8. The Kier molecular flexibility index (Phi) is 4.29. The third-order valence-corrected chi connectivity index (χ3v) is 3.84. The molecule has 0 aliphatic rings. The fraction of sp³-hybridized carbons (Fsp3) is 0.167. The van der Waals surface area contributed by atoms with Crippen LogP contribution < -0.4 is 10.6 Å². The van der Waals surface area contributed by atoms with Crippen molar-refractivity contribution in [2.75, 3.05) is 5.32 Å². The lowest BCUT2D eigenvalue weighted by molar-refractivity contribution is -0.117. The molecule has 0 aliphatic heterocycles. The third kappa shape index (κ3) is 3.12. The molecule has 1 heterocycles. The third-order valence-electron chi connectivity index (χ3n) is 3.84. The number of rotatable bonds is 4. The minimum Gasteiger partial charge on any atom is -0.343 e. The number of aryl methyl sites for hydroxylation is 1. The van der Waals surface area contributed by atoms with Crippen LogP contribution in [-0.4, -0.2) is 27.8 Å². The molecule has 1 aromatic heterocycles. The molecule has 0 saturated carbocycles. The van der Waals surface area contributed by atoms with Gasteiger partial charge in [-0.25, -0.2) is 4.98 Å². The molecule has 6 heteroatoms. The first kappa shape index (κ1) is 15.7. The molecule has 0 saturated heterocycles. The average Bonchev–Trinajstić information content (AvgIpc) is 3.04. The molecule has 6 nitrogen and oxygen atoms in total. The van der Waals surface area contributed by atoms with Crippen LogP contribution in [0.4, 0.5) is 5.69 Å². The van der Waals surface area contributed by atoms with Crippen molar-refractivity contribution >= 4 is 28.5 Å². The highest BCUT2D eigenvalue weighted by molar-refractivity contribution is 6.04. The summed E-state index contributed by atoms with van der Waals surface area (Å²) in [5, 5.41) is 5.54. The number of amides is 2. The largest absolute Gasteiger partial charge is 0.343 e. The van der Waals surface area contributed by atoms with Gasteiger partial charge in [0.2, 0.25) is 5.91 Å². The highest BCUT2D eigenvalue weighted by Crippen LogP contribution is 2.19. The molecule has 0 radical (unpaired) electrons. The van der Waals surface area contributed by atoms with E-state index in [0.29, 0.717) is 11.3 Å². The summed E-state index contributed by atoms with van der Waals surface area (Å²) in [6.07, 6.45) is 1.57. The van der Waals surface area contributed by atoms with Gasteiger partial charge in [-0.1, -0.05) is 24.3 Å². The van der Waals surface area contributed by atoms with Crippen LogP contribution in [0.25, 0.3) is 11.0 Å². The van der Waals surface area contributed by atoms with Crippen LogP contribution >= 0.6 is 0 Å². The number of aromatic amines is 1. The molecule has 2 aromatic carbocycles. The van der Waals surface area contributed by atoms with Gasteiger partial charge in [0.1, 0.15) is 6.04 Å². The minimum atomic E-state index is -0.671. The Labute approximate surface area is 139 Å². The van der Waals surface area contributed by atoms with E-state index in [-0.39, 0.29) is 11.8 Å². The average molecular weight is 322 g/mol. The predicted octanol–water partition coefficient (Wildman–Crippen LogP) is 2.63. The van der Waals surface area contributed by atoms with Crippen molar-refractivity contribution in [1.82, 2.24) is 15.3 Å². The number of nitrogens with one attached hydrogen (secondary N) is 3. The summed E-state index contributed by atoms with van der Waals surface area (Å²) >= 11 is 0. The quantitative estimate of drug-likeness (QED) is 0.690. The van der Waals surface area contributed by atoms with Crippen LogP contribution in [0.3, 0.4) is 0 Å². The zero-order valence-electron chi connectivity index (χ0n) is 13.5. The van der Waals surface area contributed by atoms with Gasteiger partial charge in [0, 0.05) is 5.56 Å². The topological polar surface area (TPSA) is 86.9 Å². The maximum absolute atomic E-state index is 12.4. The van der Waals surface area contributed by atoms with E-state index >= 15 is 0 Å². The maximum Gasteiger partial charge on any atom is 0.252 e. The van der Waals surface area contributed by atoms with Gasteiger partial charge < -0.3 is 15.6 Å². The van der Waals surface area contributed by atoms with Crippen LogP contribution in [0.2, 0.25) is 0 Å². The number of carbonyl (C=O) groups is 2. The van der Waals surface area contributed by atoms with E-state index in [1.54, 1.807) is 31.5 Å². The Hall–Kier alpha value is -3.15. The van der Waals surface area contributed by atoms with E-state index in [4.69, 9.17) is 0 Å². The number of fused-ring (bicyclic) bond motifs is 1. The van der Waals surface area contributed by atoms with Crippen molar-refractivity contribution in [1.29, 1.82) is 0 Å². The number of anilines is 1. The van der Waals surface area contributed by atoms with E-state index < -0.39 is 6.04 Å². The van der Waals surface area contributed by atoms with Gasteiger partial charge in [0.25, 0.3) is 5.91 Å². The number of imidazole rings is 1. The minimum absolute atomic E-state index is 0.268. The van der Waals surface area contributed by atoms with Crippen LogP contribution in [0.15, 0.2) is 48.8 Å². The van der Waals surface area contributed by atoms with E-state index in [2.05, 4.69) is 20.6 Å². The summed E-state index contributed by atoms with van der Waals surface area (Å²) in [7, 11) is 0. The number of hydrogen-bond donors (Lipinski definition) is 3. The van der Waals surface area contributed by atoms with Crippen LogP contribution in [0.1, 0.15) is 22.8 Å². The van der Waals surface area contributed by atoms with E-state index in [9.17, 15) is 9.59 Å². The van der Waals surface area contributed by atoms with Gasteiger partial charge in [0.15, 0.2) is 0 Å². The van der Waals surface area contributed by atoms with E-state index in [0.717, 1.165) is 16.6 Å². The molecule has 3 aromatic rings. The van der Waals surface area contributed by atoms with Crippen molar-refractivity contribution in [2.24, 2.45) is 0 Å². The first-order valence-corrected chi connectivity index (χ1v) is 7.65. The Bertz CT molecular complexity index is 901. The van der Waals surface area contributed by atoms with Gasteiger partial charge in [-0.2, -0.15) is 0 Å². The first-order chi connectivity index (χ1) is 11.6. The zero-order valence-corrected chi connectivity index (χ0v) is 13.5. The highest BCUT2D eigenvalue weighted by Gasteiger charge is 2.18. The number of aromatic nitrogens is 2. The Morgan fingerprint density at radius 3 is 2.71 bits per heavy atom. The smallest absolute Gasteiger partial charge is 0.252 e. The van der Waals surface area contributed by atoms with Crippen molar-refractivity contribution in [2.45, 2.75) is 19.9 Å². The lowest BCUT2D eigenvalue weighted by atomic mass is 10.1. The van der Waals surface area contributed by atoms with Crippen molar-refractivity contribution in [3.8, 4) is 0 Å². The second-order valence-corrected chi connectivity index (χ2v) is 5.60. The highest BCUT2D eigenvalue weighted by atomic mass is 16.2. The summed E-state index contributed by atoms with van der Waals surface area (Å²) in [5.74, 6) is -0.561. The van der Waals surface area contributed by atoms with Gasteiger partial charge >= 0.3 is 0 Å². The SMILES string of the molecule is Cc1ccccc1C(=O)NC(C)C(=O)Nc1cccc2nc[nH]c12. The zero-order chi connectivity index (χ0) is 17.1. The van der Waals surface area contributed by atoms with Crippen molar-refractivity contribution in [3.63, 3.8) is 0 Å². The van der Waals surface area contributed by atoms with Crippen LogP contribution in [0, 0.1) is 6.92 Å². The number of hydrogen-bond acceptors (Lipinski definition) is 3. The second kappa shape index (κ2) is 6.54. The Morgan fingerprint density at radius 2 is 1.92 bits per heavy atom. The van der Waals surface area contributed by atoms with E-state index in [1.165, 1.54) is 0 Å². The van der Waals surface area contributed by atoms with Crippen molar-refractivity contribution in [3.05, 3.63) is 59.9 Å². The molecular formula is C18H18N4O2. The molecule has 3 rings (SSSR count). The fourth-order valence-electron chi connectivity index (χ4n) is 2.48. The number of nitrogens with zero attached hydrogens (tertiary/aromatic N) is 1. The predicted molar refractivity (Wildman–Crippen MR) is 92.8 cm³/mol. The summed E-state index contributed by atoms with van der Waals surface area (Å²) < 4.78 is 0. The second-order valence-electron chi connectivity index (χ2n) is 5.60. The van der Waals surface area contributed by atoms with Crippen LogP contribution in [0.5, 0.6) is 0 Å². The Balaban J connectivity index is 1.70. The number of para-hydroxylation sites is 1. The molecule has 0 bridgehead atoms. The van der Waals surface area contributed by atoms with Gasteiger partial charge in [-0.05, 0) is 37.6 Å². The number of benzene rings is 2. The van der Waals surface area contributed by atoms with Gasteiger partial charge in [-0.3, -0.25) is 9.59 Å². The number of H-pyrrole nitrogens is 1. The molecule has 122 valence electrons. The summed E-state index contributed by atoms with van der Waals surface area (Å²) in [5.41, 5.74) is 3.58. The van der Waals surface area contributed by atoms with Gasteiger partial charge in [-0.15, -0.1) is 0 Å². The molecule has 0 fully saturated rings. The molecule has 3 N–H and O–H groups in total.